The number of nitrogens with one attached hydrogen (secondary N) is 2. The predicted molar refractivity (Wildman–Crippen MR) is 122 cm³/mol. The maximum absolute atomic E-state index is 15.0. The van der Waals surface area contributed by atoms with E-state index in [1.54, 1.807) is 27.7 Å². The largest absolute Gasteiger partial charge is 0.479 e. The Morgan fingerprint density at radius 3 is 2.06 bits per heavy atom. The molecule has 0 aromatic carbocycles. The summed E-state index contributed by atoms with van der Waals surface area (Å²) in [7, 11) is 1.43. The maximum atomic E-state index is 15.0. The highest BCUT2D eigenvalue weighted by Gasteiger charge is 2.47. The molecule has 200 valence electrons. The van der Waals surface area contributed by atoms with E-state index in [1.165, 1.54) is 7.11 Å². The number of alkyl halides is 2. The highest BCUT2D eigenvalue weighted by molar-refractivity contribution is 5.88. The molecule has 0 bridgehead atoms. The zero-order valence-electron chi connectivity index (χ0n) is 21.4. The van der Waals surface area contributed by atoms with Crippen molar-refractivity contribution in [2.75, 3.05) is 27.1 Å². The van der Waals surface area contributed by atoms with E-state index < -0.39 is 49.2 Å². The first-order valence-corrected chi connectivity index (χ1v) is 11.6. The number of rotatable bonds is 18. The molecule has 3 N–H and O–H groups in total. The van der Waals surface area contributed by atoms with Gasteiger partial charge in [-0.05, 0) is 24.2 Å². The lowest BCUT2D eigenvalue weighted by Gasteiger charge is -2.31. The summed E-state index contributed by atoms with van der Waals surface area (Å²) in [6, 6.07) is -1.94. The Morgan fingerprint density at radius 1 is 0.971 bits per heavy atom. The van der Waals surface area contributed by atoms with Crippen LogP contribution in [0.25, 0.3) is 0 Å². The number of carbonyl (C=O) groups is 3. The predicted octanol–water partition coefficient (Wildman–Crippen LogP) is 2.82. The quantitative estimate of drug-likeness (QED) is 0.197. The second-order valence-corrected chi connectivity index (χ2v) is 9.59. The number of ether oxygens (including phenoxy) is 3. The van der Waals surface area contributed by atoms with Crippen LogP contribution in [0.4, 0.5) is 8.78 Å². The fourth-order valence-corrected chi connectivity index (χ4v) is 3.32. The first-order chi connectivity index (χ1) is 15.7. The summed E-state index contributed by atoms with van der Waals surface area (Å²) in [5, 5.41) is 14.6. The molecule has 0 saturated heterocycles. The average molecular weight is 497 g/mol. The van der Waals surface area contributed by atoms with E-state index in [0.717, 1.165) is 0 Å². The summed E-state index contributed by atoms with van der Waals surface area (Å²) in [5.74, 6) is -6.78. The number of amides is 2. The Morgan fingerprint density at radius 2 is 1.59 bits per heavy atom. The van der Waals surface area contributed by atoms with Crippen molar-refractivity contribution in [3.63, 3.8) is 0 Å². The molecule has 0 radical (unpaired) electrons. The Kier molecular flexibility index (Phi) is 15.1. The molecule has 0 aliphatic heterocycles. The number of carbonyl (C=O) groups excluding carboxylic acids is 2. The number of carboxylic acid groups (broad SMARTS) is 1. The van der Waals surface area contributed by atoms with Gasteiger partial charge in [0.25, 0.3) is 5.92 Å². The van der Waals surface area contributed by atoms with Crippen LogP contribution in [0.2, 0.25) is 0 Å². The van der Waals surface area contributed by atoms with Crippen LogP contribution in [0.15, 0.2) is 0 Å². The smallest absolute Gasteiger partial charge is 0.339 e. The lowest BCUT2D eigenvalue weighted by atomic mass is 9.94. The van der Waals surface area contributed by atoms with Gasteiger partial charge in [-0.15, -0.1) is 0 Å². The van der Waals surface area contributed by atoms with Crippen LogP contribution in [-0.2, 0) is 28.6 Å². The molecule has 3 atom stereocenters. The molecule has 34 heavy (non-hydrogen) atoms. The molecule has 0 rings (SSSR count). The van der Waals surface area contributed by atoms with Crippen molar-refractivity contribution < 1.29 is 42.5 Å². The first-order valence-electron chi connectivity index (χ1n) is 11.6. The van der Waals surface area contributed by atoms with Crippen LogP contribution in [0.3, 0.4) is 0 Å². The van der Waals surface area contributed by atoms with Gasteiger partial charge >= 0.3 is 5.97 Å². The lowest BCUT2D eigenvalue weighted by molar-refractivity contribution is -0.205. The van der Waals surface area contributed by atoms with E-state index in [9.17, 15) is 28.3 Å². The van der Waals surface area contributed by atoms with Gasteiger partial charge in [0.2, 0.25) is 17.9 Å². The fourth-order valence-electron chi connectivity index (χ4n) is 3.32. The Labute approximate surface area is 201 Å². The van der Waals surface area contributed by atoms with Gasteiger partial charge in [-0.25, -0.2) is 13.6 Å². The number of methoxy groups -OCH3 is 1. The third kappa shape index (κ3) is 13.1. The van der Waals surface area contributed by atoms with Crippen LogP contribution in [0.1, 0.15) is 60.8 Å². The monoisotopic (exact) mass is 496 g/mol. The van der Waals surface area contributed by atoms with Crippen LogP contribution < -0.4 is 10.6 Å². The molecule has 2 unspecified atom stereocenters. The minimum atomic E-state index is -3.79. The summed E-state index contributed by atoms with van der Waals surface area (Å²) in [6.45, 7) is 10.4. The van der Waals surface area contributed by atoms with E-state index in [2.05, 4.69) is 10.6 Å². The summed E-state index contributed by atoms with van der Waals surface area (Å²) in [5.41, 5.74) is 0. The van der Waals surface area contributed by atoms with E-state index >= 15 is 0 Å². The molecule has 2 amide bonds. The van der Waals surface area contributed by atoms with Crippen LogP contribution in [0.5, 0.6) is 0 Å². The van der Waals surface area contributed by atoms with Crippen LogP contribution >= 0.6 is 0 Å². The summed E-state index contributed by atoms with van der Waals surface area (Å²) >= 11 is 0. The number of aliphatic carboxylic acids is 1. The van der Waals surface area contributed by atoms with Gasteiger partial charge in [-0.2, -0.15) is 0 Å². The average Bonchev–Trinajstić information content (AvgIpc) is 2.66. The zero-order chi connectivity index (χ0) is 26.5. The summed E-state index contributed by atoms with van der Waals surface area (Å²) in [6.07, 6.45) is -2.98. The molecular formula is C23H42F2N2O7. The number of hydrogen-bond donors (Lipinski definition) is 3. The molecule has 0 spiro atoms. The van der Waals surface area contributed by atoms with Crippen molar-refractivity contribution >= 4 is 17.8 Å². The van der Waals surface area contributed by atoms with Gasteiger partial charge in [0, 0.05) is 26.0 Å². The zero-order valence-corrected chi connectivity index (χ0v) is 21.4. The molecule has 0 saturated carbocycles. The third-order valence-corrected chi connectivity index (χ3v) is 4.84. The van der Waals surface area contributed by atoms with Gasteiger partial charge in [-0.3, -0.25) is 9.59 Å². The molecule has 0 aromatic heterocycles. The van der Waals surface area contributed by atoms with E-state index in [0.29, 0.717) is 0 Å². The Bertz CT molecular complexity index is 630. The Hall–Kier alpha value is -1.85. The van der Waals surface area contributed by atoms with Crippen LogP contribution in [-0.4, -0.2) is 74.1 Å². The van der Waals surface area contributed by atoms with Crippen molar-refractivity contribution in [3.8, 4) is 0 Å². The minimum absolute atomic E-state index is 0.0551. The van der Waals surface area contributed by atoms with Gasteiger partial charge < -0.3 is 30.0 Å². The minimum Gasteiger partial charge on any atom is -0.479 e. The standard InChI is InChI=1S/C23H42F2N2O7/c1-14(2)10-17(26-21(29)19(16(5)6)27-18(28)11-15(3)4)12-23(24,25)20(22(30)31)34-13-33-9-8-32-7/h14-17,19-20H,8-13H2,1-7H3,(H,26,29)(H,27,28)(H,30,31)/t17?,19-,20?/m0/s1. The maximum Gasteiger partial charge on any atom is 0.339 e. The van der Waals surface area contributed by atoms with E-state index in [-0.39, 0.29) is 49.7 Å². The van der Waals surface area contributed by atoms with Gasteiger partial charge in [0.05, 0.1) is 13.2 Å². The SMILES string of the molecule is COCCOCOC(C(=O)O)C(F)(F)CC(CC(C)C)NC(=O)[C@@H](NC(=O)CC(C)C)C(C)C. The van der Waals surface area contributed by atoms with E-state index in [4.69, 9.17) is 14.2 Å². The van der Waals surface area contributed by atoms with Crippen molar-refractivity contribution in [2.45, 2.75) is 84.9 Å². The van der Waals surface area contributed by atoms with Crippen molar-refractivity contribution in [1.29, 1.82) is 0 Å². The molecule has 0 aliphatic carbocycles. The third-order valence-electron chi connectivity index (χ3n) is 4.84. The molecule has 11 heteroatoms. The van der Waals surface area contributed by atoms with Crippen molar-refractivity contribution in [2.24, 2.45) is 17.8 Å². The highest BCUT2D eigenvalue weighted by Crippen LogP contribution is 2.29. The second kappa shape index (κ2) is 15.9. The first kappa shape index (κ1) is 32.1. The molecule has 0 heterocycles. The number of hydrogen-bond acceptors (Lipinski definition) is 6. The number of halogens is 2. The van der Waals surface area contributed by atoms with Crippen LogP contribution in [0, 0.1) is 17.8 Å². The molecule has 0 aromatic rings. The van der Waals surface area contributed by atoms with Gasteiger partial charge in [0.1, 0.15) is 12.8 Å². The molecular weight excluding hydrogens is 454 g/mol. The summed E-state index contributed by atoms with van der Waals surface area (Å²) in [4.78, 5) is 36.6. The normalized spacial score (nSPS) is 14.8. The van der Waals surface area contributed by atoms with Gasteiger partial charge in [0.15, 0.2) is 0 Å². The Balaban J connectivity index is 5.40. The highest BCUT2D eigenvalue weighted by atomic mass is 19.3. The summed E-state index contributed by atoms with van der Waals surface area (Å²) < 4.78 is 44.5. The molecule has 0 fully saturated rings. The number of carboxylic acids is 1. The molecule has 0 aliphatic rings. The fraction of sp³-hybridized carbons (Fsp3) is 0.870. The van der Waals surface area contributed by atoms with Crippen molar-refractivity contribution in [3.05, 3.63) is 0 Å². The van der Waals surface area contributed by atoms with Crippen molar-refractivity contribution in [1.82, 2.24) is 10.6 Å². The van der Waals surface area contributed by atoms with E-state index in [1.807, 2.05) is 13.8 Å². The lowest BCUT2D eigenvalue weighted by Crippen LogP contribution is -2.54. The molecule has 9 nitrogen and oxygen atoms in total. The second-order valence-electron chi connectivity index (χ2n) is 9.59. The topological polar surface area (TPSA) is 123 Å². The van der Waals surface area contributed by atoms with Gasteiger partial charge in [-0.1, -0.05) is 41.5 Å².